The van der Waals surface area contributed by atoms with Crippen LogP contribution in [0.15, 0.2) is 36.4 Å². The van der Waals surface area contributed by atoms with Gasteiger partial charge >= 0.3 is 5.97 Å². The van der Waals surface area contributed by atoms with E-state index in [2.05, 4.69) is 0 Å². The van der Waals surface area contributed by atoms with E-state index in [4.69, 9.17) is 16.7 Å². The molecule has 1 rings (SSSR count). The van der Waals surface area contributed by atoms with Crippen molar-refractivity contribution in [3.63, 3.8) is 0 Å². The molecule has 0 saturated carbocycles. The van der Waals surface area contributed by atoms with Crippen molar-refractivity contribution < 1.29 is 9.90 Å². The van der Waals surface area contributed by atoms with Gasteiger partial charge in [0.05, 0.1) is 6.42 Å². The molecular weight excluding hydrogens is 200 g/mol. The van der Waals surface area contributed by atoms with E-state index in [1.807, 2.05) is 30.3 Å². The summed E-state index contributed by atoms with van der Waals surface area (Å²) < 4.78 is 0. The van der Waals surface area contributed by atoms with Gasteiger partial charge in [0.15, 0.2) is 0 Å². The maximum Gasteiger partial charge on any atom is 0.307 e. The smallest absolute Gasteiger partial charge is 0.307 e. The highest BCUT2D eigenvalue weighted by atomic mass is 35.5. The van der Waals surface area contributed by atoms with Crippen LogP contribution in [-0.2, 0) is 11.2 Å². The van der Waals surface area contributed by atoms with Gasteiger partial charge in [0, 0.05) is 5.02 Å². The second-order valence-corrected chi connectivity index (χ2v) is 3.34. The van der Waals surface area contributed by atoms with E-state index < -0.39 is 5.97 Å². The van der Waals surface area contributed by atoms with E-state index in [-0.39, 0.29) is 6.42 Å². The summed E-state index contributed by atoms with van der Waals surface area (Å²) in [6.45, 7) is 0. The molecule has 0 unspecified atom stereocenters. The van der Waals surface area contributed by atoms with Crippen LogP contribution in [0, 0.1) is 0 Å². The topological polar surface area (TPSA) is 37.3 Å². The zero-order valence-corrected chi connectivity index (χ0v) is 8.37. The number of carbonyl (C=O) groups is 1. The first-order chi connectivity index (χ1) is 6.68. The molecule has 0 saturated heterocycles. The van der Waals surface area contributed by atoms with E-state index in [0.717, 1.165) is 12.0 Å². The van der Waals surface area contributed by atoms with Crippen LogP contribution in [0.3, 0.4) is 0 Å². The Kier molecular flexibility index (Phi) is 4.20. The summed E-state index contributed by atoms with van der Waals surface area (Å²) in [6, 6.07) is 7.49. The first-order valence-corrected chi connectivity index (χ1v) is 4.67. The monoisotopic (exact) mass is 210 g/mol. The summed E-state index contributed by atoms with van der Waals surface area (Å²) in [6.07, 6.45) is 4.31. The van der Waals surface area contributed by atoms with Gasteiger partial charge in [-0.15, -0.1) is 0 Å². The number of carboxylic acid groups (broad SMARTS) is 1. The Labute approximate surface area is 87.8 Å². The third kappa shape index (κ3) is 4.10. The fourth-order valence-corrected chi connectivity index (χ4v) is 1.15. The Morgan fingerprint density at radius 3 is 2.50 bits per heavy atom. The molecule has 0 aliphatic heterocycles. The molecule has 0 spiro atoms. The minimum Gasteiger partial charge on any atom is -0.481 e. The average molecular weight is 211 g/mol. The van der Waals surface area contributed by atoms with Crippen molar-refractivity contribution >= 4 is 17.6 Å². The van der Waals surface area contributed by atoms with Crippen LogP contribution in [0.1, 0.15) is 12.0 Å². The van der Waals surface area contributed by atoms with Crippen LogP contribution in [0.4, 0.5) is 0 Å². The highest BCUT2D eigenvalue weighted by Gasteiger charge is 1.91. The highest BCUT2D eigenvalue weighted by molar-refractivity contribution is 6.30. The van der Waals surface area contributed by atoms with E-state index in [9.17, 15) is 4.79 Å². The van der Waals surface area contributed by atoms with Crippen LogP contribution in [0.5, 0.6) is 0 Å². The minimum atomic E-state index is -0.808. The number of halogens is 1. The Hall–Kier alpha value is -1.28. The molecule has 0 radical (unpaired) electrons. The zero-order valence-electron chi connectivity index (χ0n) is 7.61. The first-order valence-electron chi connectivity index (χ1n) is 4.30. The van der Waals surface area contributed by atoms with E-state index >= 15 is 0 Å². The first kappa shape index (κ1) is 10.8. The molecule has 1 aromatic rings. The van der Waals surface area contributed by atoms with Crippen molar-refractivity contribution in [2.45, 2.75) is 12.8 Å². The van der Waals surface area contributed by atoms with Crippen LogP contribution < -0.4 is 0 Å². The van der Waals surface area contributed by atoms with Crippen molar-refractivity contribution in [2.24, 2.45) is 0 Å². The lowest BCUT2D eigenvalue weighted by molar-refractivity contribution is -0.136. The number of aliphatic carboxylic acids is 1. The van der Waals surface area contributed by atoms with Gasteiger partial charge in [0.25, 0.3) is 0 Å². The Morgan fingerprint density at radius 1 is 1.29 bits per heavy atom. The highest BCUT2D eigenvalue weighted by Crippen LogP contribution is 2.10. The van der Waals surface area contributed by atoms with Crippen molar-refractivity contribution in [2.75, 3.05) is 0 Å². The predicted octanol–water partition coefficient (Wildman–Crippen LogP) is 2.91. The summed E-state index contributed by atoms with van der Waals surface area (Å²) in [5.74, 6) is -0.808. The summed E-state index contributed by atoms with van der Waals surface area (Å²) in [7, 11) is 0. The van der Waals surface area contributed by atoms with Crippen LogP contribution in [0.25, 0.3) is 0 Å². The lowest BCUT2D eigenvalue weighted by Crippen LogP contribution is -1.90. The third-order valence-electron chi connectivity index (χ3n) is 1.73. The van der Waals surface area contributed by atoms with Gasteiger partial charge in [-0.3, -0.25) is 4.79 Å². The van der Waals surface area contributed by atoms with Crippen molar-refractivity contribution in [3.05, 3.63) is 47.0 Å². The van der Waals surface area contributed by atoms with Gasteiger partial charge in [0.2, 0.25) is 0 Å². The predicted molar refractivity (Wildman–Crippen MR) is 56.5 cm³/mol. The molecule has 0 fully saturated rings. The number of rotatable bonds is 4. The lowest BCUT2D eigenvalue weighted by atomic mass is 10.1. The van der Waals surface area contributed by atoms with Gasteiger partial charge in [-0.1, -0.05) is 35.9 Å². The second-order valence-electron chi connectivity index (χ2n) is 2.90. The van der Waals surface area contributed by atoms with Crippen LogP contribution >= 0.6 is 11.6 Å². The summed E-state index contributed by atoms with van der Waals surface area (Å²) in [4.78, 5) is 10.2. The summed E-state index contributed by atoms with van der Waals surface area (Å²) >= 11 is 5.72. The van der Waals surface area contributed by atoms with E-state index in [1.54, 1.807) is 6.08 Å². The number of benzene rings is 1. The molecule has 0 heterocycles. The van der Waals surface area contributed by atoms with Crippen molar-refractivity contribution in [1.82, 2.24) is 0 Å². The molecule has 74 valence electrons. The van der Waals surface area contributed by atoms with Crippen LogP contribution in [-0.4, -0.2) is 11.1 Å². The molecule has 1 N–H and O–H groups in total. The quantitative estimate of drug-likeness (QED) is 0.776. The normalized spacial score (nSPS) is 10.6. The molecule has 3 heteroatoms. The van der Waals surface area contributed by atoms with Crippen LogP contribution in [0.2, 0.25) is 5.02 Å². The zero-order chi connectivity index (χ0) is 10.4. The molecule has 0 amide bonds. The van der Waals surface area contributed by atoms with Crippen molar-refractivity contribution in [3.8, 4) is 0 Å². The molecule has 0 aliphatic carbocycles. The minimum absolute atomic E-state index is 0.0770. The maximum atomic E-state index is 10.2. The number of carboxylic acids is 1. The fraction of sp³-hybridized carbons (Fsp3) is 0.182. The molecule has 0 atom stereocenters. The number of allylic oxidation sites excluding steroid dienone is 1. The second kappa shape index (κ2) is 5.45. The molecule has 0 aliphatic rings. The number of hydrogen-bond acceptors (Lipinski definition) is 1. The summed E-state index contributed by atoms with van der Waals surface area (Å²) in [5.41, 5.74) is 1.12. The standard InChI is InChI=1S/C11H11ClO2/c12-10-7-5-9(6-8-10)3-1-2-4-11(13)14/h1-2,5-8H,3-4H2,(H,13,14)/b2-1-. The average Bonchev–Trinajstić information content (AvgIpc) is 2.15. The maximum absolute atomic E-state index is 10.2. The van der Waals surface area contributed by atoms with E-state index in [1.165, 1.54) is 0 Å². The fourth-order valence-electron chi connectivity index (χ4n) is 1.02. The molecule has 0 bridgehead atoms. The van der Waals surface area contributed by atoms with Gasteiger partial charge < -0.3 is 5.11 Å². The van der Waals surface area contributed by atoms with Gasteiger partial charge in [0.1, 0.15) is 0 Å². The molecule has 14 heavy (non-hydrogen) atoms. The number of hydrogen-bond donors (Lipinski definition) is 1. The largest absolute Gasteiger partial charge is 0.481 e. The molecular formula is C11H11ClO2. The van der Waals surface area contributed by atoms with Gasteiger partial charge in [-0.2, -0.15) is 0 Å². The summed E-state index contributed by atoms with van der Waals surface area (Å²) in [5, 5.41) is 9.09. The molecule has 0 aromatic heterocycles. The van der Waals surface area contributed by atoms with Gasteiger partial charge in [-0.05, 0) is 24.1 Å². The SMILES string of the molecule is O=C(O)C/C=C\Cc1ccc(Cl)cc1. The lowest BCUT2D eigenvalue weighted by Gasteiger charge is -1.95. The van der Waals surface area contributed by atoms with Gasteiger partial charge in [-0.25, -0.2) is 0 Å². The third-order valence-corrected chi connectivity index (χ3v) is 1.98. The molecule has 2 nitrogen and oxygen atoms in total. The Morgan fingerprint density at radius 2 is 1.93 bits per heavy atom. The molecule has 1 aromatic carbocycles. The Bertz CT molecular complexity index is 328. The van der Waals surface area contributed by atoms with E-state index in [0.29, 0.717) is 5.02 Å². The van der Waals surface area contributed by atoms with Crippen molar-refractivity contribution in [1.29, 1.82) is 0 Å². The Balaban J connectivity index is 2.42.